The minimum atomic E-state index is -0.0897. The van der Waals surface area contributed by atoms with Crippen LogP contribution < -0.4 is 0 Å². The first-order chi connectivity index (χ1) is 8.13. The number of piperazine rings is 1. The van der Waals surface area contributed by atoms with Gasteiger partial charge in [0.1, 0.15) is 6.61 Å². The van der Waals surface area contributed by atoms with Crippen molar-refractivity contribution in [2.75, 3.05) is 64.4 Å². The highest BCUT2D eigenvalue weighted by atomic mass is 32.2. The number of aliphatic hydroxyl groups excluding tert-OH is 1. The summed E-state index contributed by atoms with van der Waals surface area (Å²) in [6, 6.07) is 0. The number of thiol groups is 1. The minimum Gasteiger partial charge on any atom is -0.395 e. The van der Waals surface area contributed by atoms with Gasteiger partial charge < -0.3 is 14.7 Å². The second kappa shape index (κ2) is 7.92. The lowest BCUT2D eigenvalue weighted by atomic mass is 10.3. The lowest BCUT2D eigenvalue weighted by molar-refractivity contribution is -0.137. The number of amides is 1. The Morgan fingerprint density at radius 1 is 1.29 bits per heavy atom. The van der Waals surface area contributed by atoms with Gasteiger partial charge in [0.2, 0.25) is 5.91 Å². The van der Waals surface area contributed by atoms with Gasteiger partial charge in [-0.15, -0.1) is 0 Å². The molecule has 17 heavy (non-hydrogen) atoms. The third kappa shape index (κ3) is 5.72. The van der Waals surface area contributed by atoms with E-state index >= 15 is 0 Å². The molecule has 1 aliphatic rings. The molecule has 1 rings (SSSR count). The number of aliphatic hydroxyl groups is 1. The van der Waals surface area contributed by atoms with Crippen LogP contribution in [-0.2, 0) is 9.53 Å². The van der Waals surface area contributed by atoms with E-state index in [4.69, 9.17) is 9.84 Å². The molecule has 0 saturated carbocycles. The highest BCUT2D eigenvalue weighted by molar-refractivity contribution is 8.15. The summed E-state index contributed by atoms with van der Waals surface area (Å²) >= 11 is 0. The van der Waals surface area contributed by atoms with E-state index in [0.717, 1.165) is 26.2 Å². The zero-order valence-corrected chi connectivity index (χ0v) is 11.7. The van der Waals surface area contributed by atoms with Crippen LogP contribution in [0.2, 0.25) is 0 Å². The molecule has 0 bridgehead atoms. The summed E-state index contributed by atoms with van der Waals surface area (Å²) in [7, 11) is -0.0897. The third-order valence-electron chi connectivity index (χ3n) is 2.72. The van der Waals surface area contributed by atoms with Gasteiger partial charge in [-0.3, -0.25) is 9.69 Å². The van der Waals surface area contributed by atoms with E-state index in [9.17, 15) is 4.79 Å². The van der Waals surface area contributed by atoms with Crippen molar-refractivity contribution in [3.05, 3.63) is 0 Å². The molecule has 1 aliphatic heterocycles. The van der Waals surface area contributed by atoms with Crippen LogP contribution in [0.3, 0.4) is 0 Å². The van der Waals surface area contributed by atoms with Crippen molar-refractivity contribution in [2.45, 2.75) is 0 Å². The fourth-order valence-corrected chi connectivity index (χ4v) is 2.23. The first-order valence-electron chi connectivity index (χ1n) is 5.97. The third-order valence-corrected chi connectivity index (χ3v) is 3.42. The Morgan fingerprint density at radius 2 is 1.94 bits per heavy atom. The molecule has 1 heterocycles. The van der Waals surface area contributed by atoms with E-state index in [2.05, 4.69) is 17.4 Å². The van der Waals surface area contributed by atoms with Crippen LogP contribution in [0.15, 0.2) is 0 Å². The van der Waals surface area contributed by atoms with E-state index in [1.54, 1.807) is 0 Å². The van der Waals surface area contributed by atoms with Gasteiger partial charge in [-0.2, -0.15) is 0 Å². The van der Waals surface area contributed by atoms with Gasteiger partial charge in [0, 0.05) is 32.7 Å². The molecule has 102 valence electrons. The maximum Gasteiger partial charge on any atom is 0.248 e. The molecule has 1 saturated heterocycles. The van der Waals surface area contributed by atoms with Crippen molar-refractivity contribution >= 4 is 16.8 Å². The number of carbonyl (C=O) groups excluding carboxylic acids is 1. The molecule has 0 spiro atoms. The topological polar surface area (TPSA) is 53.0 Å². The molecule has 0 radical (unpaired) electrons. The van der Waals surface area contributed by atoms with Crippen molar-refractivity contribution in [3.63, 3.8) is 0 Å². The molecule has 5 nitrogen and oxygen atoms in total. The maximum absolute atomic E-state index is 11.8. The molecule has 6 heteroatoms. The minimum absolute atomic E-state index is 0.0884. The predicted octanol–water partition coefficient (Wildman–Crippen LogP) is -0.642. The van der Waals surface area contributed by atoms with Crippen molar-refractivity contribution in [2.24, 2.45) is 0 Å². The normalized spacial score (nSPS) is 18.3. The highest BCUT2D eigenvalue weighted by Gasteiger charge is 2.20. The van der Waals surface area contributed by atoms with Crippen LogP contribution in [0.25, 0.3) is 0 Å². The van der Waals surface area contributed by atoms with E-state index in [1.807, 2.05) is 4.90 Å². The molecule has 1 fully saturated rings. The summed E-state index contributed by atoms with van der Waals surface area (Å²) in [6.45, 7) is 4.29. The Kier molecular flexibility index (Phi) is 6.87. The maximum atomic E-state index is 11.8. The van der Waals surface area contributed by atoms with E-state index in [0.29, 0.717) is 12.5 Å². The number of β-amino-alcohol motifs (C(OH)–C–C–N with tert-alkyl or cyclic N) is 1. The van der Waals surface area contributed by atoms with Crippen LogP contribution in [0.5, 0.6) is 0 Å². The smallest absolute Gasteiger partial charge is 0.248 e. The van der Waals surface area contributed by atoms with Gasteiger partial charge in [-0.05, 0) is 12.5 Å². The zero-order valence-electron chi connectivity index (χ0n) is 10.8. The van der Waals surface area contributed by atoms with Gasteiger partial charge in [0.15, 0.2) is 0 Å². The Morgan fingerprint density at radius 3 is 2.47 bits per heavy atom. The average Bonchev–Trinajstić information content (AvgIpc) is 2.30. The Bertz CT molecular complexity index is 231. The van der Waals surface area contributed by atoms with E-state index in [-0.39, 0.29) is 30.0 Å². The lowest BCUT2D eigenvalue weighted by Gasteiger charge is -2.34. The Hall–Kier alpha value is -0.300. The van der Waals surface area contributed by atoms with Crippen LogP contribution in [0, 0.1) is 0 Å². The molecule has 0 aliphatic carbocycles. The number of hydrogen-bond acceptors (Lipinski definition) is 4. The average molecular weight is 264 g/mol. The second-order valence-electron chi connectivity index (χ2n) is 4.50. The molecule has 0 aromatic carbocycles. The van der Waals surface area contributed by atoms with Gasteiger partial charge in [-0.1, -0.05) is 0 Å². The van der Waals surface area contributed by atoms with Crippen LogP contribution in [0.4, 0.5) is 0 Å². The molecule has 0 unspecified atom stereocenters. The summed E-state index contributed by atoms with van der Waals surface area (Å²) < 4.78 is 5.37. The molecule has 0 atom stereocenters. The number of hydrogen-bond donors (Lipinski definition) is 2. The number of rotatable bonds is 6. The summed E-state index contributed by atoms with van der Waals surface area (Å²) in [6.07, 6.45) is 4.26. The fraction of sp³-hybridized carbons (Fsp3) is 0.909. The van der Waals surface area contributed by atoms with Crippen molar-refractivity contribution in [3.8, 4) is 0 Å². The standard InChI is InChI=1S/C11H24N2O3S/c1-17(2)10-16-9-11(15)13-5-3-12(4-6-13)7-8-14/h14,17H,3-10H2,1-2H3. The van der Waals surface area contributed by atoms with Gasteiger partial charge in [-0.25, -0.2) is 10.9 Å². The molecule has 1 amide bonds. The van der Waals surface area contributed by atoms with Crippen molar-refractivity contribution in [1.29, 1.82) is 0 Å². The Balaban J connectivity index is 2.17. The van der Waals surface area contributed by atoms with Crippen LogP contribution in [-0.4, -0.2) is 85.2 Å². The molecule has 0 aromatic heterocycles. The number of nitrogens with zero attached hydrogens (tertiary/aromatic N) is 2. The van der Waals surface area contributed by atoms with E-state index < -0.39 is 0 Å². The first kappa shape index (κ1) is 14.8. The molecule has 1 N–H and O–H groups in total. The SMILES string of the molecule is C[SH](C)COCC(=O)N1CCN(CCO)CC1. The summed E-state index contributed by atoms with van der Waals surface area (Å²) in [5, 5.41) is 8.82. The van der Waals surface area contributed by atoms with Crippen molar-refractivity contribution < 1.29 is 14.6 Å². The monoisotopic (exact) mass is 264 g/mol. The summed E-state index contributed by atoms with van der Waals surface area (Å²) in [5.41, 5.74) is 0. The zero-order chi connectivity index (χ0) is 12.7. The highest BCUT2D eigenvalue weighted by Crippen LogP contribution is 2.12. The second-order valence-corrected chi connectivity index (χ2v) is 6.92. The van der Waals surface area contributed by atoms with Gasteiger partial charge >= 0.3 is 0 Å². The lowest BCUT2D eigenvalue weighted by Crippen LogP contribution is -2.50. The van der Waals surface area contributed by atoms with E-state index in [1.165, 1.54) is 0 Å². The fourth-order valence-electron chi connectivity index (χ4n) is 1.77. The summed E-state index contributed by atoms with van der Waals surface area (Å²) in [4.78, 5) is 15.8. The van der Waals surface area contributed by atoms with Gasteiger partial charge in [0.05, 0.1) is 12.5 Å². The summed E-state index contributed by atoms with van der Waals surface area (Å²) in [5.74, 6) is 0.788. The quantitative estimate of drug-likeness (QED) is 0.627. The number of ether oxygens (including phenoxy) is 1. The predicted molar refractivity (Wildman–Crippen MR) is 71.8 cm³/mol. The number of carbonyl (C=O) groups is 1. The Labute approximate surface area is 106 Å². The molecular formula is C11H24N2O3S. The van der Waals surface area contributed by atoms with Crippen LogP contribution in [0.1, 0.15) is 0 Å². The van der Waals surface area contributed by atoms with Gasteiger partial charge in [0.25, 0.3) is 0 Å². The van der Waals surface area contributed by atoms with Crippen molar-refractivity contribution in [1.82, 2.24) is 9.80 Å². The molecular weight excluding hydrogens is 240 g/mol. The molecule has 0 aromatic rings. The first-order valence-corrected chi connectivity index (χ1v) is 8.39. The largest absolute Gasteiger partial charge is 0.395 e. The van der Waals surface area contributed by atoms with Crippen LogP contribution >= 0.6 is 10.9 Å².